The van der Waals surface area contributed by atoms with Gasteiger partial charge < -0.3 is 10.4 Å². The molecule has 1 aromatic carbocycles. The number of aryl methyl sites for hydroxylation is 1. The summed E-state index contributed by atoms with van der Waals surface area (Å²) in [5, 5.41) is 12.8. The van der Waals surface area contributed by atoms with Crippen LogP contribution in [0.25, 0.3) is 0 Å². The summed E-state index contributed by atoms with van der Waals surface area (Å²) in [4.78, 5) is 0.105. The lowest BCUT2D eigenvalue weighted by Gasteiger charge is -2.15. The second kappa shape index (κ2) is 7.04. The first-order valence-electron chi connectivity index (χ1n) is 6.98. The molecule has 1 saturated heterocycles. The van der Waals surface area contributed by atoms with Crippen LogP contribution >= 0.6 is 11.6 Å². The SMILES string of the molecule is Cc1ccc(Cl)cc1S(=O)(=O)NCCN[C@@H]1CS(=O)(=O)C[C@H]1O. The molecule has 0 unspecified atom stereocenters. The van der Waals surface area contributed by atoms with Gasteiger partial charge in [0.1, 0.15) is 0 Å². The number of benzene rings is 1. The smallest absolute Gasteiger partial charge is 0.240 e. The molecule has 1 aromatic rings. The number of aliphatic hydroxyl groups excluding tert-OH is 1. The first-order chi connectivity index (χ1) is 10.6. The van der Waals surface area contributed by atoms with Gasteiger partial charge >= 0.3 is 0 Å². The minimum atomic E-state index is -3.70. The molecular formula is C13H19ClN2O5S2. The van der Waals surface area contributed by atoms with Gasteiger partial charge in [-0.05, 0) is 24.6 Å². The van der Waals surface area contributed by atoms with Crippen LogP contribution < -0.4 is 10.0 Å². The highest BCUT2D eigenvalue weighted by Crippen LogP contribution is 2.19. The van der Waals surface area contributed by atoms with Crippen molar-refractivity contribution in [1.29, 1.82) is 0 Å². The Kier molecular flexibility index (Phi) is 5.70. The normalized spacial score (nSPS) is 24.0. The van der Waals surface area contributed by atoms with Crippen molar-refractivity contribution >= 4 is 31.5 Å². The van der Waals surface area contributed by atoms with Gasteiger partial charge in [0, 0.05) is 24.2 Å². The number of hydrogen-bond donors (Lipinski definition) is 3. The van der Waals surface area contributed by atoms with E-state index in [0.717, 1.165) is 0 Å². The van der Waals surface area contributed by atoms with Gasteiger partial charge in [0.2, 0.25) is 10.0 Å². The van der Waals surface area contributed by atoms with Crippen LogP contribution in [-0.2, 0) is 19.9 Å². The minimum Gasteiger partial charge on any atom is -0.390 e. The number of aliphatic hydroxyl groups is 1. The Balaban J connectivity index is 1.90. The summed E-state index contributed by atoms with van der Waals surface area (Å²) in [5.41, 5.74) is 0.576. The lowest BCUT2D eigenvalue weighted by molar-refractivity contribution is 0.166. The van der Waals surface area contributed by atoms with Crippen molar-refractivity contribution in [2.45, 2.75) is 24.0 Å². The quantitative estimate of drug-likeness (QED) is 0.581. The van der Waals surface area contributed by atoms with Gasteiger partial charge in [0.05, 0.1) is 22.5 Å². The molecule has 130 valence electrons. The lowest BCUT2D eigenvalue weighted by atomic mass is 10.2. The van der Waals surface area contributed by atoms with Crippen LogP contribution in [0, 0.1) is 6.92 Å². The van der Waals surface area contributed by atoms with Crippen LogP contribution in [0.5, 0.6) is 0 Å². The number of rotatable bonds is 6. The van der Waals surface area contributed by atoms with Crippen LogP contribution in [0.4, 0.5) is 0 Å². The van der Waals surface area contributed by atoms with Gasteiger partial charge in [-0.15, -0.1) is 0 Å². The Morgan fingerprint density at radius 2 is 2.00 bits per heavy atom. The molecule has 0 aliphatic carbocycles. The average molecular weight is 383 g/mol. The maximum atomic E-state index is 12.2. The van der Waals surface area contributed by atoms with E-state index in [1.807, 2.05) is 0 Å². The van der Waals surface area contributed by atoms with Crippen LogP contribution in [0.3, 0.4) is 0 Å². The van der Waals surface area contributed by atoms with E-state index in [4.69, 9.17) is 11.6 Å². The molecular weight excluding hydrogens is 364 g/mol. The fourth-order valence-corrected chi connectivity index (χ4v) is 5.72. The largest absolute Gasteiger partial charge is 0.390 e. The zero-order valence-electron chi connectivity index (χ0n) is 12.5. The predicted octanol–water partition coefficient (Wildman–Crippen LogP) is -0.326. The molecule has 23 heavy (non-hydrogen) atoms. The molecule has 10 heteroatoms. The highest BCUT2D eigenvalue weighted by atomic mass is 35.5. The summed E-state index contributed by atoms with van der Waals surface area (Å²) in [6, 6.07) is 4.03. The maximum Gasteiger partial charge on any atom is 0.240 e. The second-order valence-electron chi connectivity index (χ2n) is 5.51. The summed E-state index contributed by atoms with van der Waals surface area (Å²) in [6.07, 6.45) is -0.966. The van der Waals surface area contributed by atoms with Gasteiger partial charge in [-0.2, -0.15) is 0 Å². The molecule has 1 fully saturated rings. The van der Waals surface area contributed by atoms with Crippen LogP contribution in [0.1, 0.15) is 5.56 Å². The van der Waals surface area contributed by atoms with Gasteiger partial charge in [0.25, 0.3) is 0 Å². The van der Waals surface area contributed by atoms with Gasteiger partial charge in [-0.3, -0.25) is 0 Å². The molecule has 1 heterocycles. The molecule has 2 rings (SSSR count). The topological polar surface area (TPSA) is 113 Å². The van der Waals surface area contributed by atoms with Crippen molar-refractivity contribution in [1.82, 2.24) is 10.0 Å². The van der Waals surface area contributed by atoms with Crippen molar-refractivity contribution in [2.24, 2.45) is 0 Å². The van der Waals surface area contributed by atoms with E-state index < -0.39 is 32.0 Å². The standard InChI is InChI=1S/C13H19ClN2O5S2/c1-9-2-3-10(14)6-13(9)23(20,21)16-5-4-15-11-7-22(18,19)8-12(11)17/h2-3,6,11-12,15-17H,4-5,7-8H2,1H3/t11-,12-/m1/s1. The van der Waals surface area contributed by atoms with Crippen molar-refractivity contribution in [3.05, 3.63) is 28.8 Å². The van der Waals surface area contributed by atoms with Gasteiger partial charge in [0.15, 0.2) is 9.84 Å². The Labute approximate surface area is 141 Å². The molecule has 1 aliphatic heterocycles. The molecule has 0 spiro atoms. The molecule has 1 aliphatic rings. The molecule has 0 bridgehead atoms. The van der Waals surface area contributed by atoms with Crippen LogP contribution in [0.15, 0.2) is 23.1 Å². The first kappa shape index (κ1) is 18.6. The molecule has 0 saturated carbocycles. The monoisotopic (exact) mass is 382 g/mol. The summed E-state index contributed by atoms with van der Waals surface area (Å²) < 4.78 is 49.6. The fraction of sp³-hybridized carbons (Fsp3) is 0.538. The predicted molar refractivity (Wildman–Crippen MR) is 87.8 cm³/mol. The number of hydrogen-bond acceptors (Lipinski definition) is 6. The van der Waals surface area contributed by atoms with Crippen molar-refractivity contribution in [3.8, 4) is 0 Å². The maximum absolute atomic E-state index is 12.2. The Bertz CT molecular complexity index is 780. The molecule has 7 nitrogen and oxygen atoms in total. The van der Waals surface area contributed by atoms with Crippen molar-refractivity contribution in [2.75, 3.05) is 24.6 Å². The van der Waals surface area contributed by atoms with E-state index >= 15 is 0 Å². The molecule has 0 aromatic heterocycles. The summed E-state index contributed by atoms with van der Waals surface area (Å²) in [6.45, 7) is 1.94. The average Bonchev–Trinajstić information content (AvgIpc) is 2.70. The molecule has 0 radical (unpaired) electrons. The van der Waals surface area contributed by atoms with E-state index in [1.54, 1.807) is 19.1 Å². The Morgan fingerprint density at radius 1 is 1.30 bits per heavy atom. The summed E-state index contributed by atoms with van der Waals surface area (Å²) in [5.74, 6) is -0.410. The molecule has 3 N–H and O–H groups in total. The van der Waals surface area contributed by atoms with E-state index in [9.17, 15) is 21.9 Å². The highest BCUT2D eigenvalue weighted by molar-refractivity contribution is 7.91. The second-order valence-corrected chi connectivity index (χ2v) is 9.84. The zero-order valence-corrected chi connectivity index (χ0v) is 14.9. The van der Waals surface area contributed by atoms with Crippen molar-refractivity contribution in [3.63, 3.8) is 0 Å². The third-order valence-corrected chi connectivity index (χ3v) is 7.14. The van der Waals surface area contributed by atoms with Crippen LogP contribution in [0.2, 0.25) is 5.02 Å². The number of nitrogens with one attached hydrogen (secondary N) is 2. The number of sulfonamides is 1. The van der Waals surface area contributed by atoms with Crippen LogP contribution in [-0.4, -0.2) is 58.7 Å². The van der Waals surface area contributed by atoms with E-state index in [1.165, 1.54) is 6.07 Å². The van der Waals surface area contributed by atoms with Crippen molar-refractivity contribution < 1.29 is 21.9 Å². The highest BCUT2D eigenvalue weighted by Gasteiger charge is 2.35. The van der Waals surface area contributed by atoms with E-state index in [-0.39, 0.29) is 29.5 Å². The first-order valence-corrected chi connectivity index (χ1v) is 10.7. The molecule has 0 amide bonds. The third-order valence-electron chi connectivity index (χ3n) is 3.59. The summed E-state index contributed by atoms with van der Waals surface area (Å²) >= 11 is 5.82. The van der Waals surface area contributed by atoms with Gasteiger partial charge in [-0.1, -0.05) is 17.7 Å². The zero-order chi connectivity index (χ0) is 17.3. The molecule has 2 atom stereocenters. The summed E-state index contributed by atoms with van der Waals surface area (Å²) in [7, 11) is -6.93. The fourth-order valence-electron chi connectivity index (χ4n) is 2.41. The third kappa shape index (κ3) is 4.88. The Morgan fingerprint density at radius 3 is 2.61 bits per heavy atom. The minimum absolute atomic E-state index is 0.0670. The van der Waals surface area contributed by atoms with E-state index in [2.05, 4.69) is 10.0 Å². The number of halogens is 1. The lowest BCUT2D eigenvalue weighted by Crippen LogP contribution is -2.42. The van der Waals surface area contributed by atoms with Gasteiger partial charge in [-0.25, -0.2) is 21.6 Å². The Hall–Kier alpha value is -0.710. The van der Waals surface area contributed by atoms with E-state index in [0.29, 0.717) is 10.6 Å². The number of sulfone groups is 1.